The Balaban J connectivity index is 1.39. The van der Waals surface area contributed by atoms with Crippen molar-refractivity contribution >= 4 is 46.4 Å². The summed E-state index contributed by atoms with van der Waals surface area (Å²) >= 11 is 12.0. The van der Waals surface area contributed by atoms with Gasteiger partial charge in [-0.05, 0) is 55.3 Å². The van der Waals surface area contributed by atoms with Crippen LogP contribution in [0, 0.1) is 0 Å². The number of rotatable bonds is 4. The first-order chi connectivity index (χ1) is 14.1. The van der Waals surface area contributed by atoms with E-state index in [2.05, 4.69) is 25.7 Å². The molecule has 148 valence electrons. The molecular formula is C21H19Cl2N5O. The molecule has 1 saturated heterocycles. The Labute approximate surface area is 178 Å². The minimum Gasteiger partial charge on any atom is -0.355 e. The third-order valence-corrected chi connectivity index (χ3v) is 5.26. The molecule has 3 aromatic rings. The van der Waals surface area contributed by atoms with Gasteiger partial charge in [-0.2, -0.15) is 0 Å². The number of carbonyl (C=O) groups excluding carboxylic acids is 1. The van der Waals surface area contributed by atoms with Gasteiger partial charge in [-0.3, -0.25) is 0 Å². The lowest BCUT2D eigenvalue weighted by Crippen LogP contribution is -2.19. The van der Waals surface area contributed by atoms with E-state index in [1.807, 2.05) is 36.4 Å². The molecule has 1 aliphatic rings. The van der Waals surface area contributed by atoms with Gasteiger partial charge in [-0.1, -0.05) is 35.3 Å². The van der Waals surface area contributed by atoms with Crippen molar-refractivity contribution in [2.24, 2.45) is 0 Å². The van der Waals surface area contributed by atoms with Gasteiger partial charge in [0.25, 0.3) is 0 Å². The van der Waals surface area contributed by atoms with E-state index in [1.54, 1.807) is 18.2 Å². The van der Waals surface area contributed by atoms with Crippen LogP contribution < -0.4 is 15.5 Å². The number of anilines is 3. The summed E-state index contributed by atoms with van der Waals surface area (Å²) in [5.41, 5.74) is 2.80. The van der Waals surface area contributed by atoms with Crippen molar-refractivity contribution in [1.82, 2.24) is 10.2 Å². The molecule has 0 bridgehead atoms. The average Bonchev–Trinajstić information content (AvgIpc) is 3.26. The maximum absolute atomic E-state index is 12.2. The van der Waals surface area contributed by atoms with Gasteiger partial charge in [0.15, 0.2) is 5.82 Å². The molecule has 0 aliphatic carbocycles. The number of benzene rings is 2. The van der Waals surface area contributed by atoms with Gasteiger partial charge in [0, 0.05) is 29.4 Å². The van der Waals surface area contributed by atoms with Crippen LogP contribution in [0.15, 0.2) is 54.6 Å². The molecule has 0 spiro atoms. The van der Waals surface area contributed by atoms with Crippen LogP contribution in [0.2, 0.25) is 10.0 Å². The van der Waals surface area contributed by atoms with Crippen LogP contribution in [0.1, 0.15) is 12.8 Å². The zero-order chi connectivity index (χ0) is 20.2. The van der Waals surface area contributed by atoms with Crippen molar-refractivity contribution in [2.75, 3.05) is 28.6 Å². The molecule has 8 heteroatoms. The molecule has 0 saturated carbocycles. The molecule has 0 unspecified atom stereocenters. The van der Waals surface area contributed by atoms with Crippen molar-refractivity contribution in [2.45, 2.75) is 12.8 Å². The Bertz CT molecular complexity index is 1000. The highest BCUT2D eigenvalue weighted by molar-refractivity contribution is 6.35. The molecule has 4 rings (SSSR count). The zero-order valence-corrected chi connectivity index (χ0v) is 17.0. The second-order valence-corrected chi connectivity index (χ2v) is 7.60. The summed E-state index contributed by atoms with van der Waals surface area (Å²) in [6.45, 7) is 2.08. The molecule has 1 aromatic heterocycles. The Morgan fingerprint density at radius 1 is 0.897 bits per heavy atom. The summed E-state index contributed by atoms with van der Waals surface area (Å²) in [7, 11) is 0. The number of nitrogens with zero attached hydrogens (tertiary/aromatic N) is 3. The third-order valence-electron chi connectivity index (χ3n) is 4.70. The smallest absolute Gasteiger partial charge is 0.323 e. The molecule has 29 heavy (non-hydrogen) atoms. The molecule has 2 N–H and O–H groups in total. The predicted molar refractivity (Wildman–Crippen MR) is 118 cm³/mol. The van der Waals surface area contributed by atoms with Crippen molar-refractivity contribution in [1.29, 1.82) is 0 Å². The van der Waals surface area contributed by atoms with E-state index in [0.29, 0.717) is 21.4 Å². The Kier molecular flexibility index (Phi) is 5.83. The highest BCUT2D eigenvalue weighted by Gasteiger charge is 2.14. The maximum atomic E-state index is 12.2. The second kappa shape index (κ2) is 8.68. The Hall–Kier alpha value is -2.83. The summed E-state index contributed by atoms with van der Waals surface area (Å²) < 4.78 is 0. The average molecular weight is 428 g/mol. The van der Waals surface area contributed by atoms with E-state index >= 15 is 0 Å². The Morgan fingerprint density at radius 2 is 1.66 bits per heavy atom. The fourth-order valence-electron chi connectivity index (χ4n) is 3.20. The van der Waals surface area contributed by atoms with Crippen LogP contribution in [0.3, 0.4) is 0 Å². The van der Waals surface area contributed by atoms with Gasteiger partial charge in [0.05, 0.1) is 16.4 Å². The van der Waals surface area contributed by atoms with Crippen molar-refractivity contribution in [3.63, 3.8) is 0 Å². The van der Waals surface area contributed by atoms with E-state index in [1.165, 1.54) is 12.8 Å². The van der Waals surface area contributed by atoms with Crippen molar-refractivity contribution in [3.8, 4) is 11.3 Å². The van der Waals surface area contributed by atoms with E-state index in [9.17, 15) is 4.79 Å². The van der Waals surface area contributed by atoms with Crippen LogP contribution >= 0.6 is 23.2 Å². The van der Waals surface area contributed by atoms with Gasteiger partial charge in [-0.15, -0.1) is 10.2 Å². The van der Waals surface area contributed by atoms with Crippen LogP contribution in [-0.2, 0) is 0 Å². The number of hydrogen-bond acceptors (Lipinski definition) is 4. The maximum Gasteiger partial charge on any atom is 0.323 e. The van der Waals surface area contributed by atoms with E-state index < -0.39 is 6.03 Å². The van der Waals surface area contributed by atoms with Crippen LogP contribution in [-0.4, -0.2) is 29.3 Å². The number of aromatic nitrogens is 2. The fourth-order valence-corrected chi connectivity index (χ4v) is 3.53. The zero-order valence-electron chi connectivity index (χ0n) is 15.5. The highest BCUT2D eigenvalue weighted by Crippen LogP contribution is 2.26. The van der Waals surface area contributed by atoms with Crippen LogP contribution in [0.5, 0.6) is 0 Å². The van der Waals surface area contributed by atoms with E-state index in [-0.39, 0.29) is 0 Å². The molecular weight excluding hydrogens is 409 g/mol. The highest BCUT2D eigenvalue weighted by atomic mass is 35.5. The molecule has 2 heterocycles. The topological polar surface area (TPSA) is 70.2 Å². The van der Waals surface area contributed by atoms with Gasteiger partial charge in [0.1, 0.15) is 0 Å². The molecule has 1 aliphatic heterocycles. The number of nitrogens with one attached hydrogen (secondary N) is 2. The SMILES string of the molecule is O=C(Nc1ccc(-c2ccc(N3CCCC3)nn2)cc1)Nc1cc(Cl)ccc1Cl. The lowest BCUT2D eigenvalue weighted by Gasteiger charge is -2.15. The summed E-state index contributed by atoms with van der Waals surface area (Å²) in [6.07, 6.45) is 2.41. The number of urea groups is 1. The van der Waals surface area contributed by atoms with Crippen molar-refractivity contribution in [3.05, 3.63) is 64.6 Å². The van der Waals surface area contributed by atoms with Gasteiger partial charge in [0.2, 0.25) is 0 Å². The minimum absolute atomic E-state index is 0.406. The van der Waals surface area contributed by atoms with Crippen LogP contribution in [0.25, 0.3) is 11.3 Å². The first kappa shape index (κ1) is 19.5. The molecule has 0 atom stereocenters. The Morgan fingerprint density at radius 3 is 2.34 bits per heavy atom. The molecule has 1 fully saturated rings. The lowest BCUT2D eigenvalue weighted by atomic mass is 10.1. The quantitative estimate of drug-likeness (QED) is 0.560. The molecule has 0 radical (unpaired) electrons. The molecule has 2 amide bonds. The normalized spacial score (nSPS) is 13.4. The fraction of sp³-hybridized carbons (Fsp3) is 0.190. The first-order valence-corrected chi connectivity index (χ1v) is 10.1. The standard InChI is InChI=1S/C21H19Cl2N5O/c22-15-5-8-17(23)19(13-15)25-21(29)24-16-6-3-14(4-7-16)18-9-10-20(27-26-18)28-11-1-2-12-28/h3-10,13H,1-2,11-12H2,(H2,24,25,29). The summed E-state index contributed by atoms with van der Waals surface area (Å²) in [5, 5.41) is 15.0. The molecule has 2 aromatic carbocycles. The second-order valence-electron chi connectivity index (χ2n) is 6.75. The largest absolute Gasteiger partial charge is 0.355 e. The van der Waals surface area contributed by atoms with Crippen molar-refractivity contribution < 1.29 is 4.79 Å². The van der Waals surface area contributed by atoms with Gasteiger partial charge >= 0.3 is 6.03 Å². The van der Waals surface area contributed by atoms with Gasteiger partial charge in [-0.25, -0.2) is 4.79 Å². The van der Waals surface area contributed by atoms with Gasteiger partial charge < -0.3 is 15.5 Å². The lowest BCUT2D eigenvalue weighted by molar-refractivity contribution is 0.262. The molecule has 6 nitrogen and oxygen atoms in total. The van der Waals surface area contributed by atoms with E-state index in [0.717, 1.165) is 30.2 Å². The number of halogens is 2. The third kappa shape index (κ3) is 4.78. The summed E-state index contributed by atoms with van der Waals surface area (Å²) in [5.74, 6) is 0.917. The summed E-state index contributed by atoms with van der Waals surface area (Å²) in [6, 6.07) is 15.8. The van der Waals surface area contributed by atoms with E-state index in [4.69, 9.17) is 23.2 Å². The number of hydrogen-bond donors (Lipinski definition) is 2. The predicted octanol–water partition coefficient (Wildman–Crippen LogP) is 5.69. The monoisotopic (exact) mass is 427 g/mol. The summed E-state index contributed by atoms with van der Waals surface area (Å²) in [4.78, 5) is 14.5. The minimum atomic E-state index is -0.406. The number of carbonyl (C=O) groups is 1. The van der Waals surface area contributed by atoms with Crippen LogP contribution in [0.4, 0.5) is 22.0 Å². The first-order valence-electron chi connectivity index (χ1n) is 9.31. The number of amides is 2.